The predicted octanol–water partition coefficient (Wildman–Crippen LogP) is 0.949. The van der Waals surface area contributed by atoms with E-state index in [9.17, 15) is 9.59 Å². The van der Waals surface area contributed by atoms with Crippen LogP contribution in [0, 0.1) is 0 Å². The molecule has 0 bridgehead atoms. The van der Waals surface area contributed by atoms with Crippen molar-refractivity contribution < 1.29 is 9.59 Å². The summed E-state index contributed by atoms with van der Waals surface area (Å²) in [5.41, 5.74) is -0.695. The number of hydrogen-bond donors (Lipinski definition) is 3. The number of hydrogen-bond acceptors (Lipinski definition) is 4. The summed E-state index contributed by atoms with van der Waals surface area (Å²) in [6, 6.07) is 2.09. The van der Waals surface area contributed by atoms with Crippen molar-refractivity contribution in [1.82, 2.24) is 25.7 Å². The van der Waals surface area contributed by atoms with E-state index in [2.05, 4.69) is 21.0 Å². The molecule has 0 atom stereocenters. The van der Waals surface area contributed by atoms with Crippen LogP contribution < -0.4 is 16.0 Å². The molecule has 1 aromatic heterocycles. The Morgan fingerprint density at radius 3 is 2.56 bits per heavy atom. The van der Waals surface area contributed by atoms with Gasteiger partial charge in [-0.15, -0.1) is 12.4 Å². The van der Waals surface area contributed by atoms with Crippen LogP contribution >= 0.6 is 12.4 Å². The molecule has 2 aliphatic rings. The van der Waals surface area contributed by atoms with Crippen molar-refractivity contribution >= 4 is 24.2 Å². The van der Waals surface area contributed by atoms with E-state index in [1.54, 1.807) is 10.9 Å². The van der Waals surface area contributed by atoms with Crippen molar-refractivity contribution in [2.75, 3.05) is 19.6 Å². The number of piperidine rings is 1. The number of carbonyl (C=O) groups excluding carboxylic acids is 2. The minimum atomic E-state index is -0.695. The standard InChI is InChI=1S/C17H27N5O2.ClH/c23-15(21-14-5-2-1-3-6-14)13-19-16(24)17(7-10-18-11-8-17)22-12-4-9-20-22;/h4,9,12,14,18H,1-3,5-8,10-11,13H2,(H,19,24)(H,21,23);1H. The van der Waals surface area contributed by atoms with Gasteiger partial charge in [-0.25, -0.2) is 0 Å². The van der Waals surface area contributed by atoms with Crippen LogP contribution in [-0.4, -0.2) is 47.3 Å². The Kier molecular flexibility index (Phi) is 7.25. The summed E-state index contributed by atoms with van der Waals surface area (Å²) < 4.78 is 1.74. The quantitative estimate of drug-likeness (QED) is 0.721. The number of aromatic nitrogens is 2. The molecule has 1 saturated heterocycles. The first-order valence-corrected chi connectivity index (χ1v) is 8.99. The minimum absolute atomic E-state index is 0. The molecule has 1 aliphatic carbocycles. The largest absolute Gasteiger partial charge is 0.352 e. The molecule has 25 heavy (non-hydrogen) atoms. The fourth-order valence-electron chi connectivity index (χ4n) is 3.77. The summed E-state index contributed by atoms with van der Waals surface area (Å²) in [6.45, 7) is 1.56. The summed E-state index contributed by atoms with van der Waals surface area (Å²) in [5.74, 6) is -0.216. The number of halogens is 1. The van der Waals surface area contributed by atoms with Gasteiger partial charge in [0.25, 0.3) is 0 Å². The molecule has 7 nitrogen and oxygen atoms in total. The SMILES string of the molecule is Cl.O=C(CNC(=O)C1(n2cccn2)CCNCC1)NC1CCCCC1. The van der Waals surface area contributed by atoms with Crippen molar-refractivity contribution in [3.05, 3.63) is 18.5 Å². The van der Waals surface area contributed by atoms with Crippen LogP contribution in [0.5, 0.6) is 0 Å². The molecule has 0 radical (unpaired) electrons. The van der Waals surface area contributed by atoms with E-state index in [4.69, 9.17) is 0 Å². The van der Waals surface area contributed by atoms with E-state index < -0.39 is 5.54 Å². The Bertz CT molecular complexity index is 551. The molecule has 0 spiro atoms. The summed E-state index contributed by atoms with van der Waals surface area (Å²) in [4.78, 5) is 25.0. The molecule has 3 rings (SSSR count). The maximum absolute atomic E-state index is 12.8. The van der Waals surface area contributed by atoms with Crippen LogP contribution in [0.1, 0.15) is 44.9 Å². The Labute approximate surface area is 154 Å². The lowest BCUT2D eigenvalue weighted by atomic mass is 9.87. The summed E-state index contributed by atoms with van der Waals surface area (Å²) in [6.07, 6.45) is 10.5. The molecular weight excluding hydrogens is 342 g/mol. The maximum Gasteiger partial charge on any atom is 0.248 e. The van der Waals surface area contributed by atoms with E-state index in [0.29, 0.717) is 12.8 Å². The minimum Gasteiger partial charge on any atom is -0.352 e. The first-order valence-electron chi connectivity index (χ1n) is 8.99. The summed E-state index contributed by atoms with van der Waals surface area (Å²) >= 11 is 0. The topological polar surface area (TPSA) is 88.0 Å². The van der Waals surface area contributed by atoms with Crippen LogP contribution in [0.2, 0.25) is 0 Å². The number of rotatable bonds is 5. The lowest BCUT2D eigenvalue weighted by Crippen LogP contribution is -2.56. The second-order valence-electron chi connectivity index (χ2n) is 6.82. The second-order valence-corrected chi connectivity index (χ2v) is 6.82. The Morgan fingerprint density at radius 1 is 1.20 bits per heavy atom. The lowest BCUT2D eigenvalue weighted by molar-refractivity contribution is -0.134. The molecule has 2 amide bonds. The first kappa shape index (κ1) is 19.7. The average molecular weight is 370 g/mol. The van der Waals surface area contributed by atoms with E-state index in [1.165, 1.54) is 19.3 Å². The predicted molar refractivity (Wildman–Crippen MR) is 97.6 cm³/mol. The van der Waals surface area contributed by atoms with Crippen LogP contribution in [0.15, 0.2) is 18.5 Å². The van der Waals surface area contributed by atoms with Gasteiger partial charge in [-0.05, 0) is 44.8 Å². The Balaban J connectivity index is 0.00000225. The third-order valence-electron chi connectivity index (χ3n) is 5.18. The third kappa shape index (κ3) is 4.73. The molecule has 3 N–H and O–H groups in total. The molecule has 2 fully saturated rings. The van der Waals surface area contributed by atoms with E-state index in [-0.39, 0.29) is 36.8 Å². The van der Waals surface area contributed by atoms with Gasteiger partial charge in [-0.1, -0.05) is 19.3 Å². The number of nitrogens with zero attached hydrogens (tertiary/aromatic N) is 2. The van der Waals surface area contributed by atoms with Crippen LogP contribution in [0.25, 0.3) is 0 Å². The van der Waals surface area contributed by atoms with Crippen LogP contribution in [-0.2, 0) is 15.1 Å². The van der Waals surface area contributed by atoms with Gasteiger partial charge in [-0.3, -0.25) is 14.3 Å². The fraction of sp³-hybridized carbons (Fsp3) is 0.706. The van der Waals surface area contributed by atoms with Crippen LogP contribution in [0.3, 0.4) is 0 Å². The van der Waals surface area contributed by atoms with Gasteiger partial charge in [-0.2, -0.15) is 5.10 Å². The van der Waals surface area contributed by atoms with Crippen molar-refractivity contribution in [2.45, 2.75) is 56.5 Å². The highest BCUT2D eigenvalue weighted by Crippen LogP contribution is 2.27. The molecule has 1 aliphatic heterocycles. The van der Waals surface area contributed by atoms with E-state index in [1.807, 2.05) is 12.3 Å². The normalized spacial score (nSPS) is 20.3. The van der Waals surface area contributed by atoms with Gasteiger partial charge >= 0.3 is 0 Å². The lowest BCUT2D eigenvalue weighted by Gasteiger charge is -2.36. The molecule has 0 aromatic carbocycles. The van der Waals surface area contributed by atoms with Crippen molar-refractivity contribution in [1.29, 1.82) is 0 Å². The average Bonchev–Trinajstić information content (AvgIpc) is 3.16. The highest BCUT2D eigenvalue weighted by molar-refractivity contribution is 5.89. The molecule has 2 heterocycles. The van der Waals surface area contributed by atoms with Gasteiger partial charge in [0.05, 0.1) is 6.54 Å². The summed E-state index contributed by atoms with van der Waals surface area (Å²) in [5, 5.41) is 13.4. The van der Waals surface area contributed by atoms with Gasteiger partial charge in [0.15, 0.2) is 0 Å². The zero-order chi connectivity index (χ0) is 16.8. The van der Waals surface area contributed by atoms with Crippen molar-refractivity contribution in [2.24, 2.45) is 0 Å². The molecule has 140 valence electrons. The zero-order valence-corrected chi connectivity index (χ0v) is 15.3. The Morgan fingerprint density at radius 2 is 1.92 bits per heavy atom. The molecule has 1 aromatic rings. The second kappa shape index (κ2) is 9.20. The fourth-order valence-corrected chi connectivity index (χ4v) is 3.77. The van der Waals surface area contributed by atoms with Crippen molar-refractivity contribution in [3.8, 4) is 0 Å². The number of nitrogens with one attached hydrogen (secondary N) is 3. The number of amides is 2. The zero-order valence-electron chi connectivity index (χ0n) is 14.5. The van der Waals surface area contributed by atoms with Crippen molar-refractivity contribution in [3.63, 3.8) is 0 Å². The van der Waals surface area contributed by atoms with Crippen LogP contribution in [0.4, 0.5) is 0 Å². The molecular formula is C17H28ClN5O2. The third-order valence-corrected chi connectivity index (χ3v) is 5.18. The monoisotopic (exact) mass is 369 g/mol. The van der Waals surface area contributed by atoms with Gasteiger partial charge in [0.1, 0.15) is 5.54 Å². The maximum atomic E-state index is 12.8. The Hall–Kier alpha value is -1.60. The highest BCUT2D eigenvalue weighted by atomic mass is 35.5. The van der Waals surface area contributed by atoms with Gasteiger partial charge in [0, 0.05) is 18.4 Å². The number of carbonyl (C=O) groups is 2. The molecule has 8 heteroatoms. The van der Waals surface area contributed by atoms with Gasteiger partial charge < -0.3 is 16.0 Å². The van der Waals surface area contributed by atoms with Gasteiger partial charge in [0.2, 0.25) is 11.8 Å². The molecule has 1 saturated carbocycles. The summed E-state index contributed by atoms with van der Waals surface area (Å²) in [7, 11) is 0. The van der Waals surface area contributed by atoms with E-state index >= 15 is 0 Å². The molecule has 0 unspecified atom stereocenters. The van der Waals surface area contributed by atoms with E-state index in [0.717, 1.165) is 25.9 Å². The highest BCUT2D eigenvalue weighted by Gasteiger charge is 2.42. The first-order chi connectivity index (χ1) is 11.7. The smallest absolute Gasteiger partial charge is 0.248 e.